The van der Waals surface area contributed by atoms with E-state index in [2.05, 4.69) is 21.3 Å². The van der Waals surface area contributed by atoms with Crippen LogP contribution in [0.5, 0.6) is 0 Å². The lowest BCUT2D eigenvalue weighted by Crippen LogP contribution is -2.48. The SMILES string of the molecule is CNC(=O)C(=O)[C@H](C[C@@H]1C[C@@H](C)NC1=O)NC(=O)c1cc(Cl)ccc1NC(=O)C1CCC(F)(F)CC1. The Bertz CT molecular complexity index is 1060. The molecule has 2 aliphatic rings. The molecule has 1 aliphatic heterocycles. The molecule has 0 spiro atoms. The van der Waals surface area contributed by atoms with Gasteiger partial charge in [0.15, 0.2) is 0 Å². The summed E-state index contributed by atoms with van der Waals surface area (Å²) in [6.45, 7) is 1.81. The van der Waals surface area contributed by atoms with Gasteiger partial charge in [-0.3, -0.25) is 24.0 Å². The fourth-order valence-corrected chi connectivity index (χ4v) is 4.71. The minimum absolute atomic E-state index is 0.0124. The molecule has 0 unspecified atom stereocenters. The van der Waals surface area contributed by atoms with Crippen LogP contribution in [-0.4, -0.2) is 54.5 Å². The predicted molar refractivity (Wildman–Crippen MR) is 128 cm³/mol. The number of carbonyl (C=O) groups is 5. The molecule has 2 fully saturated rings. The zero-order valence-corrected chi connectivity index (χ0v) is 20.7. The van der Waals surface area contributed by atoms with Crippen molar-refractivity contribution < 1.29 is 32.8 Å². The normalized spacial score (nSPS) is 22.3. The van der Waals surface area contributed by atoms with Crippen molar-refractivity contribution in [3.8, 4) is 0 Å². The van der Waals surface area contributed by atoms with Crippen molar-refractivity contribution in [3.63, 3.8) is 0 Å². The standard InChI is InChI=1S/C24H29ClF2N4O5/c1-12-9-14(21(34)29-12)10-18(19(32)23(36)28-2)31-22(35)16-11-15(25)3-4-17(16)30-20(33)13-5-7-24(26,27)8-6-13/h3-4,11-14,18H,5-10H2,1-2H3,(H,28,36)(H,29,34)(H,30,33)(H,31,35)/t12-,14+,18+/m1/s1. The number of hydrogen-bond donors (Lipinski definition) is 4. The Labute approximate surface area is 212 Å². The highest BCUT2D eigenvalue weighted by Gasteiger charge is 2.38. The molecule has 1 saturated heterocycles. The van der Waals surface area contributed by atoms with Gasteiger partial charge in [0.05, 0.1) is 17.3 Å². The highest BCUT2D eigenvalue weighted by Crippen LogP contribution is 2.36. The van der Waals surface area contributed by atoms with Gasteiger partial charge >= 0.3 is 0 Å². The van der Waals surface area contributed by atoms with Gasteiger partial charge in [-0.25, -0.2) is 8.78 Å². The summed E-state index contributed by atoms with van der Waals surface area (Å²) in [5.41, 5.74) is 0.00791. The molecule has 1 saturated carbocycles. The molecule has 12 heteroatoms. The van der Waals surface area contributed by atoms with Crippen LogP contribution in [0.4, 0.5) is 14.5 Å². The molecular formula is C24H29ClF2N4O5. The molecule has 4 N–H and O–H groups in total. The molecule has 1 aromatic carbocycles. The first kappa shape index (κ1) is 27.5. The Morgan fingerprint density at radius 2 is 1.86 bits per heavy atom. The Balaban J connectivity index is 1.78. The number of alkyl halides is 2. The first-order valence-electron chi connectivity index (χ1n) is 11.8. The van der Waals surface area contributed by atoms with Crippen molar-refractivity contribution in [3.05, 3.63) is 28.8 Å². The first-order valence-corrected chi connectivity index (χ1v) is 12.1. The van der Waals surface area contributed by atoms with Crippen LogP contribution >= 0.6 is 11.6 Å². The van der Waals surface area contributed by atoms with Gasteiger partial charge < -0.3 is 21.3 Å². The molecule has 3 atom stereocenters. The van der Waals surface area contributed by atoms with E-state index in [4.69, 9.17) is 11.6 Å². The summed E-state index contributed by atoms with van der Waals surface area (Å²) in [6.07, 6.45) is -0.416. The largest absolute Gasteiger partial charge is 0.353 e. The number of rotatable bonds is 8. The molecule has 1 aliphatic carbocycles. The Hall–Kier alpha value is -3.08. The molecule has 1 aromatic rings. The third kappa shape index (κ3) is 6.77. The maximum absolute atomic E-state index is 13.5. The minimum atomic E-state index is -2.79. The maximum atomic E-state index is 13.5. The van der Waals surface area contributed by atoms with Gasteiger partial charge in [-0.1, -0.05) is 11.6 Å². The van der Waals surface area contributed by atoms with Crippen LogP contribution in [-0.2, 0) is 19.2 Å². The number of halogens is 3. The second kappa shape index (κ2) is 11.3. The molecule has 36 heavy (non-hydrogen) atoms. The summed E-state index contributed by atoms with van der Waals surface area (Å²) in [7, 11) is 1.27. The van der Waals surface area contributed by atoms with E-state index < -0.39 is 60.1 Å². The van der Waals surface area contributed by atoms with Crippen LogP contribution in [0.1, 0.15) is 55.8 Å². The molecule has 196 valence electrons. The lowest BCUT2D eigenvalue weighted by atomic mass is 9.86. The quantitative estimate of drug-likeness (QED) is 0.386. The maximum Gasteiger partial charge on any atom is 0.289 e. The van der Waals surface area contributed by atoms with Gasteiger partial charge in [0.2, 0.25) is 23.5 Å². The lowest BCUT2D eigenvalue weighted by Gasteiger charge is -2.27. The number of hydrogen-bond acceptors (Lipinski definition) is 5. The minimum Gasteiger partial charge on any atom is -0.353 e. The van der Waals surface area contributed by atoms with Crippen LogP contribution < -0.4 is 21.3 Å². The number of amides is 4. The smallest absolute Gasteiger partial charge is 0.289 e. The number of Topliss-reactive ketones (excluding diaryl/α,β-unsaturated/α-hetero) is 1. The van der Waals surface area contributed by atoms with E-state index in [1.165, 1.54) is 25.2 Å². The second-order valence-electron chi connectivity index (χ2n) is 9.36. The van der Waals surface area contributed by atoms with Crippen molar-refractivity contribution in [2.45, 2.75) is 63.5 Å². The zero-order chi connectivity index (χ0) is 26.6. The van der Waals surface area contributed by atoms with Crippen LogP contribution in [0.15, 0.2) is 18.2 Å². The van der Waals surface area contributed by atoms with Crippen molar-refractivity contribution in [2.75, 3.05) is 12.4 Å². The van der Waals surface area contributed by atoms with Crippen LogP contribution in [0, 0.1) is 11.8 Å². The van der Waals surface area contributed by atoms with Gasteiger partial charge in [-0.15, -0.1) is 0 Å². The average molecular weight is 527 g/mol. The molecular weight excluding hydrogens is 498 g/mol. The van der Waals surface area contributed by atoms with E-state index in [0.717, 1.165) is 0 Å². The predicted octanol–water partition coefficient (Wildman–Crippen LogP) is 2.43. The van der Waals surface area contributed by atoms with Crippen LogP contribution in [0.3, 0.4) is 0 Å². The first-order chi connectivity index (χ1) is 16.9. The van der Waals surface area contributed by atoms with Gasteiger partial charge in [0.25, 0.3) is 11.8 Å². The third-order valence-corrected chi connectivity index (χ3v) is 6.80. The van der Waals surface area contributed by atoms with E-state index in [1.807, 2.05) is 0 Å². The molecule has 9 nitrogen and oxygen atoms in total. The number of likely N-dealkylation sites (N-methyl/N-ethyl adjacent to an activating group) is 1. The van der Waals surface area contributed by atoms with Crippen molar-refractivity contribution in [2.24, 2.45) is 11.8 Å². The molecule has 4 amide bonds. The van der Waals surface area contributed by atoms with E-state index in [-0.39, 0.29) is 47.5 Å². The highest BCUT2D eigenvalue weighted by molar-refractivity contribution is 6.38. The summed E-state index contributed by atoms with van der Waals surface area (Å²) in [5, 5.41) is 10.2. The third-order valence-electron chi connectivity index (χ3n) is 6.56. The highest BCUT2D eigenvalue weighted by atomic mass is 35.5. The Morgan fingerprint density at radius 3 is 2.44 bits per heavy atom. The van der Waals surface area contributed by atoms with Gasteiger partial charge in [0, 0.05) is 42.8 Å². The van der Waals surface area contributed by atoms with Gasteiger partial charge in [0.1, 0.15) is 0 Å². The monoisotopic (exact) mass is 526 g/mol. The number of nitrogens with one attached hydrogen (secondary N) is 4. The number of benzene rings is 1. The molecule has 1 heterocycles. The molecule has 0 bridgehead atoms. The van der Waals surface area contributed by atoms with Gasteiger partial charge in [-0.2, -0.15) is 0 Å². The van der Waals surface area contributed by atoms with Crippen molar-refractivity contribution in [1.29, 1.82) is 0 Å². The topological polar surface area (TPSA) is 133 Å². The number of ketones is 1. The lowest BCUT2D eigenvalue weighted by molar-refractivity contribution is -0.139. The van der Waals surface area contributed by atoms with E-state index in [1.54, 1.807) is 6.92 Å². The number of carbonyl (C=O) groups excluding carboxylic acids is 5. The Morgan fingerprint density at radius 1 is 1.19 bits per heavy atom. The summed E-state index contributed by atoms with van der Waals surface area (Å²) >= 11 is 6.06. The van der Waals surface area contributed by atoms with Crippen molar-refractivity contribution in [1.82, 2.24) is 16.0 Å². The fraction of sp³-hybridized carbons (Fsp3) is 0.542. The summed E-state index contributed by atoms with van der Waals surface area (Å²) in [5.74, 6) is -7.44. The average Bonchev–Trinajstić information content (AvgIpc) is 3.14. The summed E-state index contributed by atoms with van der Waals surface area (Å²) in [6, 6.07) is 2.71. The van der Waals surface area contributed by atoms with Gasteiger partial charge in [-0.05, 0) is 50.8 Å². The van der Waals surface area contributed by atoms with Crippen LogP contribution in [0.2, 0.25) is 5.02 Å². The van der Waals surface area contributed by atoms with Crippen LogP contribution in [0.25, 0.3) is 0 Å². The Kier molecular flexibility index (Phi) is 8.65. The van der Waals surface area contributed by atoms with E-state index in [9.17, 15) is 32.8 Å². The van der Waals surface area contributed by atoms with E-state index in [0.29, 0.717) is 6.42 Å². The zero-order valence-electron chi connectivity index (χ0n) is 20.0. The molecule has 3 rings (SSSR count). The summed E-state index contributed by atoms with van der Waals surface area (Å²) < 4.78 is 26.9. The number of anilines is 1. The fourth-order valence-electron chi connectivity index (χ4n) is 4.54. The van der Waals surface area contributed by atoms with E-state index >= 15 is 0 Å². The molecule has 0 aromatic heterocycles. The van der Waals surface area contributed by atoms with Crippen molar-refractivity contribution >= 4 is 46.7 Å². The molecule has 0 radical (unpaired) electrons. The second-order valence-corrected chi connectivity index (χ2v) is 9.79. The summed E-state index contributed by atoms with van der Waals surface area (Å²) in [4.78, 5) is 62.8.